The van der Waals surface area contributed by atoms with E-state index >= 15 is 0 Å². The van der Waals surface area contributed by atoms with Gasteiger partial charge in [0.2, 0.25) is 0 Å². The monoisotopic (exact) mass is 309 g/mol. The van der Waals surface area contributed by atoms with E-state index in [1.54, 1.807) is 12.1 Å². The Balaban J connectivity index is 2.35. The van der Waals surface area contributed by atoms with Crippen LogP contribution in [0.15, 0.2) is 29.4 Å². The van der Waals surface area contributed by atoms with Crippen LogP contribution < -0.4 is 5.32 Å². The minimum absolute atomic E-state index is 0.224. The van der Waals surface area contributed by atoms with Crippen molar-refractivity contribution in [2.75, 3.05) is 18.1 Å². The highest BCUT2D eigenvalue weighted by Crippen LogP contribution is 2.23. The molecule has 0 saturated carbocycles. The molecule has 0 unspecified atom stereocenters. The summed E-state index contributed by atoms with van der Waals surface area (Å²) in [5.41, 5.74) is 0.657. The van der Waals surface area contributed by atoms with Crippen LogP contribution in [-0.2, 0) is 9.84 Å². The number of rotatable bonds is 6. The number of anilines is 1. The van der Waals surface area contributed by atoms with Crippen molar-refractivity contribution < 1.29 is 13.5 Å². The predicted octanol–water partition coefficient (Wildman–Crippen LogP) is 1.61. The molecule has 0 fully saturated rings. The Morgan fingerprint density at radius 3 is 2.76 bits per heavy atom. The molecule has 2 aromatic rings. The summed E-state index contributed by atoms with van der Waals surface area (Å²) in [4.78, 5) is 8.48. The molecule has 0 aliphatic carbocycles. The Morgan fingerprint density at radius 1 is 1.33 bits per heavy atom. The lowest BCUT2D eigenvalue weighted by atomic mass is 10.2. The Morgan fingerprint density at radius 2 is 2.10 bits per heavy atom. The maximum absolute atomic E-state index is 11.6. The molecule has 0 spiro atoms. The number of aliphatic hydroxyl groups is 1. The fourth-order valence-electron chi connectivity index (χ4n) is 2.06. The number of aromatic nitrogens is 2. The van der Waals surface area contributed by atoms with Crippen LogP contribution in [0.3, 0.4) is 0 Å². The number of aliphatic hydroxyl groups excluding tert-OH is 1. The van der Waals surface area contributed by atoms with E-state index in [2.05, 4.69) is 15.3 Å². The molecule has 114 valence electrons. The summed E-state index contributed by atoms with van der Waals surface area (Å²) in [6.07, 6.45) is 3.71. The van der Waals surface area contributed by atoms with Crippen LogP contribution in [0, 0.1) is 0 Å². The largest absolute Gasteiger partial charge is 0.391 e. The number of nitrogens with one attached hydrogen (secondary N) is 1. The van der Waals surface area contributed by atoms with Crippen LogP contribution in [-0.4, -0.2) is 42.4 Å². The molecule has 1 aromatic heterocycles. The number of nitrogens with zero attached hydrogens (tertiary/aromatic N) is 2. The van der Waals surface area contributed by atoms with Gasteiger partial charge in [0.1, 0.15) is 12.1 Å². The first-order chi connectivity index (χ1) is 9.91. The SMILES string of the molecule is CCC[C@H](O)CNc1ncnc2ccc(S(C)(=O)=O)cc12. The molecule has 1 aromatic carbocycles. The highest BCUT2D eigenvalue weighted by atomic mass is 32.2. The molecular weight excluding hydrogens is 290 g/mol. The molecule has 2 N–H and O–H groups in total. The molecule has 0 radical (unpaired) electrons. The van der Waals surface area contributed by atoms with Crippen molar-refractivity contribution in [3.8, 4) is 0 Å². The molecule has 6 nitrogen and oxygen atoms in total. The van der Waals surface area contributed by atoms with E-state index in [1.165, 1.54) is 12.4 Å². The minimum atomic E-state index is -3.28. The summed E-state index contributed by atoms with van der Waals surface area (Å²) >= 11 is 0. The van der Waals surface area contributed by atoms with Gasteiger partial charge < -0.3 is 10.4 Å². The van der Waals surface area contributed by atoms with E-state index in [9.17, 15) is 13.5 Å². The van der Waals surface area contributed by atoms with Crippen molar-refractivity contribution >= 4 is 26.6 Å². The maximum Gasteiger partial charge on any atom is 0.175 e. The summed E-state index contributed by atoms with van der Waals surface area (Å²) in [5.74, 6) is 0.528. The molecule has 0 bridgehead atoms. The van der Waals surface area contributed by atoms with Gasteiger partial charge in [0.05, 0.1) is 16.5 Å². The first-order valence-corrected chi connectivity index (χ1v) is 8.67. The fourth-order valence-corrected chi connectivity index (χ4v) is 2.70. The maximum atomic E-state index is 11.6. The molecule has 21 heavy (non-hydrogen) atoms. The van der Waals surface area contributed by atoms with Crippen molar-refractivity contribution in [3.05, 3.63) is 24.5 Å². The van der Waals surface area contributed by atoms with E-state index in [4.69, 9.17) is 0 Å². The zero-order chi connectivity index (χ0) is 15.5. The topological polar surface area (TPSA) is 92.2 Å². The van der Waals surface area contributed by atoms with Crippen LogP contribution in [0.4, 0.5) is 5.82 Å². The van der Waals surface area contributed by atoms with Crippen LogP contribution in [0.5, 0.6) is 0 Å². The van der Waals surface area contributed by atoms with Gasteiger partial charge in [0.15, 0.2) is 9.84 Å². The standard InChI is InChI=1S/C14H19N3O3S/c1-3-4-10(18)8-15-14-12-7-11(21(2,19)20)5-6-13(12)16-9-17-14/h5-7,9-10,18H,3-4,8H2,1-2H3,(H,15,16,17)/t10-/m0/s1. The zero-order valence-corrected chi connectivity index (χ0v) is 12.9. The summed E-state index contributed by atoms with van der Waals surface area (Å²) in [6, 6.07) is 4.74. The molecule has 2 rings (SSSR count). The second kappa shape index (κ2) is 6.36. The number of hydrogen-bond acceptors (Lipinski definition) is 6. The van der Waals surface area contributed by atoms with Gasteiger partial charge in [0, 0.05) is 18.2 Å². The van der Waals surface area contributed by atoms with Crippen molar-refractivity contribution in [2.45, 2.75) is 30.8 Å². The second-order valence-corrected chi connectivity index (χ2v) is 7.01. The number of hydrogen-bond donors (Lipinski definition) is 2. The molecule has 0 aliphatic heterocycles. The summed E-state index contributed by atoms with van der Waals surface area (Å²) in [7, 11) is -3.28. The smallest absolute Gasteiger partial charge is 0.175 e. The lowest BCUT2D eigenvalue weighted by Crippen LogP contribution is -2.19. The lowest BCUT2D eigenvalue weighted by molar-refractivity contribution is 0.176. The molecule has 0 amide bonds. The third-order valence-electron chi connectivity index (χ3n) is 3.16. The van der Waals surface area contributed by atoms with Crippen molar-refractivity contribution in [3.63, 3.8) is 0 Å². The van der Waals surface area contributed by atoms with E-state index in [0.29, 0.717) is 29.7 Å². The average Bonchev–Trinajstić information content (AvgIpc) is 2.44. The molecule has 1 atom stereocenters. The van der Waals surface area contributed by atoms with Crippen molar-refractivity contribution in [2.24, 2.45) is 0 Å². The van der Waals surface area contributed by atoms with Crippen LogP contribution in [0.25, 0.3) is 10.9 Å². The van der Waals surface area contributed by atoms with Crippen LogP contribution in [0.2, 0.25) is 0 Å². The van der Waals surface area contributed by atoms with Gasteiger partial charge in [-0.25, -0.2) is 18.4 Å². The molecule has 7 heteroatoms. The Hall–Kier alpha value is -1.73. The number of benzene rings is 1. The zero-order valence-electron chi connectivity index (χ0n) is 12.1. The molecule has 0 saturated heterocycles. The van der Waals surface area contributed by atoms with E-state index < -0.39 is 15.9 Å². The van der Waals surface area contributed by atoms with Gasteiger partial charge in [-0.1, -0.05) is 13.3 Å². The predicted molar refractivity (Wildman–Crippen MR) is 82.1 cm³/mol. The van der Waals surface area contributed by atoms with E-state index in [-0.39, 0.29) is 4.90 Å². The number of fused-ring (bicyclic) bond motifs is 1. The average molecular weight is 309 g/mol. The fraction of sp³-hybridized carbons (Fsp3) is 0.429. The van der Waals surface area contributed by atoms with Crippen LogP contribution in [0.1, 0.15) is 19.8 Å². The summed E-state index contributed by atoms with van der Waals surface area (Å²) < 4.78 is 23.3. The van der Waals surface area contributed by atoms with Crippen molar-refractivity contribution in [1.29, 1.82) is 0 Å². The van der Waals surface area contributed by atoms with Gasteiger partial charge in [-0.3, -0.25) is 0 Å². The quantitative estimate of drug-likeness (QED) is 0.842. The van der Waals surface area contributed by atoms with Crippen LogP contribution >= 0.6 is 0 Å². The highest BCUT2D eigenvalue weighted by molar-refractivity contribution is 7.90. The molecular formula is C14H19N3O3S. The lowest BCUT2D eigenvalue weighted by Gasteiger charge is -2.12. The van der Waals surface area contributed by atoms with E-state index in [0.717, 1.165) is 12.7 Å². The minimum Gasteiger partial charge on any atom is -0.391 e. The Kier molecular flexibility index (Phi) is 4.74. The number of sulfone groups is 1. The van der Waals surface area contributed by atoms with E-state index in [1.807, 2.05) is 6.92 Å². The highest BCUT2D eigenvalue weighted by Gasteiger charge is 2.11. The van der Waals surface area contributed by atoms with Gasteiger partial charge in [-0.2, -0.15) is 0 Å². The molecule has 0 aliphatic rings. The second-order valence-electron chi connectivity index (χ2n) is 5.00. The normalized spacial score (nSPS) is 13.3. The Labute approximate surface area is 124 Å². The molecule has 1 heterocycles. The Bertz CT molecular complexity index is 731. The first kappa shape index (κ1) is 15.7. The third kappa shape index (κ3) is 3.89. The summed E-state index contributed by atoms with van der Waals surface area (Å²) in [6.45, 7) is 2.37. The first-order valence-electron chi connectivity index (χ1n) is 6.78. The van der Waals surface area contributed by atoms with Crippen molar-refractivity contribution in [1.82, 2.24) is 9.97 Å². The van der Waals surface area contributed by atoms with Gasteiger partial charge in [0.25, 0.3) is 0 Å². The van der Waals surface area contributed by atoms with Gasteiger partial charge in [-0.15, -0.1) is 0 Å². The van der Waals surface area contributed by atoms with Gasteiger partial charge in [-0.05, 0) is 24.6 Å². The van der Waals surface area contributed by atoms with Gasteiger partial charge >= 0.3 is 0 Å². The third-order valence-corrected chi connectivity index (χ3v) is 4.27. The summed E-state index contributed by atoms with van der Waals surface area (Å²) in [5, 5.41) is 13.4.